The third-order valence-electron chi connectivity index (χ3n) is 1.45. The molecule has 82 valence electrons. The van der Waals surface area contributed by atoms with Crippen LogP contribution in [0.4, 0.5) is 13.2 Å². The molecule has 15 heavy (non-hydrogen) atoms. The van der Waals surface area contributed by atoms with E-state index in [1.165, 1.54) is 0 Å². The summed E-state index contributed by atoms with van der Waals surface area (Å²) in [6.45, 7) is -0.0485. The minimum absolute atomic E-state index is 0.0485. The molecule has 0 bridgehead atoms. The maximum atomic E-state index is 11.8. The van der Waals surface area contributed by atoms with E-state index in [-0.39, 0.29) is 6.61 Å². The third-order valence-corrected chi connectivity index (χ3v) is 1.74. The van der Waals surface area contributed by atoms with Crippen LogP contribution in [0.2, 0.25) is 0 Å². The van der Waals surface area contributed by atoms with Crippen LogP contribution in [0.15, 0.2) is 35.5 Å². The Kier molecular flexibility index (Phi) is 3.96. The van der Waals surface area contributed by atoms with Gasteiger partial charge in [0, 0.05) is 0 Å². The fourth-order valence-electron chi connectivity index (χ4n) is 0.789. The Hall–Kier alpha value is -1.23. The van der Waals surface area contributed by atoms with E-state index in [0.717, 1.165) is 0 Å². The normalized spacial score (nSPS) is 12.7. The van der Waals surface area contributed by atoms with Crippen LogP contribution in [-0.2, 0) is 11.4 Å². The van der Waals surface area contributed by atoms with Gasteiger partial charge in [-0.15, -0.1) is 0 Å². The summed E-state index contributed by atoms with van der Waals surface area (Å²) in [6, 6.07) is 8.69. The molecule has 0 aromatic heterocycles. The molecule has 0 heterocycles. The van der Waals surface area contributed by atoms with Crippen LogP contribution < -0.4 is 0 Å². The van der Waals surface area contributed by atoms with Crippen molar-refractivity contribution in [2.24, 2.45) is 5.16 Å². The van der Waals surface area contributed by atoms with Gasteiger partial charge < -0.3 is 4.84 Å². The Labute approximate surface area is 89.3 Å². The van der Waals surface area contributed by atoms with Crippen molar-refractivity contribution in [2.75, 3.05) is 0 Å². The predicted molar refractivity (Wildman–Crippen MR) is 50.6 cm³/mol. The maximum Gasteiger partial charge on any atom is 0.447 e. The van der Waals surface area contributed by atoms with E-state index in [1.807, 2.05) is 0 Å². The van der Waals surface area contributed by atoms with Crippen LogP contribution >= 0.6 is 11.6 Å². The van der Waals surface area contributed by atoms with Gasteiger partial charge in [0.2, 0.25) is 5.17 Å². The van der Waals surface area contributed by atoms with Crippen molar-refractivity contribution in [3.8, 4) is 0 Å². The second-order valence-electron chi connectivity index (χ2n) is 2.64. The summed E-state index contributed by atoms with van der Waals surface area (Å²) in [6.07, 6.45) is -4.65. The van der Waals surface area contributed by atoms with Crippen molar-refractivity contribution >= 4 is 16.8 Å². The van der Waals surface area contributed by atoms with Gasteiger partial charge in [0.15, 0.2) is 0 Å². The Bertz CT molecular complexity index is 337. The second-order valence-corrected chi connectivity index (χ2v) is 3.00. The molecule has 0 aliphatic heterocycles. The molecule has 1 rings (SSSR count). The lowest BCUT2D eigenvalue weighted by atomic mass is 10.2. The van der Waals surface area contributed by atoms with Gasteiger partial charge in [0.25, 0.3) is 0 Å². The van der Waals surface area contributed by atoms with Crippen molar-refractivity contribution in [3.63, 3.8) is 0 Å². The molecule has 1 aromatic carbocycles. The Morgan fingerprint density at radius 1 is 1.27 bits per heavy atom. The van der Waals surface area contributed by atoms with Gasteiger partial charge in [0.1, 0.15) is 6.61 Å². The van der Waals surface area contributed by atoms with Crippen molar-refractivity contribution in [3.05, 3.63) is 35.9 Å². The molecule has 0 atom stereocenters. The lowest BCUT2D eigenvalue weighted by Crippen LogP contribution is -2.17. The Morgan fingerprint density at radius 2 is 1.87 bits per heavy atom. The van der Waals surface area contributed by atoms with E-state index in [0.29, 0.717) is 5.56 Å². The van der Waals surface area contributed by atoms with E-state index in [1.54, 1.807) is 30.3 Å². The van der Waals surface area contributed by atoms with Gasteiger partial charge in [-0.1, -0.05) is 47.1 Å². The molecule has 0 aliphatic carbocycles. The quantitative estimate of drug-likeness (QED) is 0.584. The summed E-state index contributed by atoms with van der Waals surface area (Å²) in [7, 11) is 0. The van der Waals surface area contributed by atoms with Gasteiger partial charge in [-0.25, -0.2) is 0 Å². The molecule has 0 amide bonds. The van der Waals surface area contributed by atoms with Gasteiger partial charge in [-0.05, 0) is 5.56 Å². The van der Waals surface area contributed by atoms with Crippen molar-refractivity contribution in [2.45, 2.75) is 12.8 Å². The Balaban J connectivity index is 2.46. The molecule has 2 nitrogen and oxygen atoms in total. The monoisotopic (exact) mass is 237 g/mol. The van der Waals surface area contributed by atoms with Gasteiger partial charge in [0.05, 0.1) is 0 Å². The topological polar surface area (TPSA) is 21.6 Å². The minimum atomic E-state index is -4.65. The highest BCUT2D eigenvalue weighted by Gasteiger charge is 2.35. The average molecular weight is 238 g/mol. The first-order valence-corrected chi connectivity index (χ1v) is 4.34. The van der Waals surface area contributed by atoms with Crippen LogP contribution in [0.3, 0.4) is 0 Å². The summed E-state index contributed by atoms with van der Waals surface area (Å²) in [5.41, 5.74) is 0.716. The van der Waals surface area contributed by atoms with E-state index in [9.17, 15) is 13.2 Å². The van der Waals surface area contributed by atoms with Crippen LogP contribution in [0.5, 0.6) is 0 Å². The van der Waals surface area contributed by atoms with Crippen molar-refractivity contribution in [1.82, 2.24) is 0 Å². The highest BCUT2D eigenvalue weighted by molar-refractivity contribution is 6.66. The zero-order valence-corrected chi connectivity index (χ0v) is 8.22. The number of rotatable bonds is 3. The predicted octanol–water partition coefficient (Wildman–Crippen LogP) is 3.32. The summed E-state index contributed by atoms with van der Waals surface area (Å²) < 4.78 is 35.5. The molecule has 6 heteroatoms. The molecular weight excluding hydrogens is 231 g/mol. The largest absolute Gasteiger partial charge is 0.447 e. The van der Waals surface area contributed by atoms with E-state index in [2.05, 4.69) is 9.99 Å². The number of oxime groups is 1. The summed E-state index contributed by atoms with van der Waals surface area (Å²) >= 11 is 4.82. The molecule has 0 N–H and O–H groups in total. The molecule has 0 fully saturated rings. The number of benzene rings is 1. The first-order chi connectivity index (χ1) is 7.00. The first kappa shape index (κ1) is 11.8. The van der Waals surface area contributed by atoms with Gasteiger partial charge in [-0.3, -0.25) is 0 Å². The smallest absolute Gasteiger partial charge is 0.390 e. The number of nitrogens with zero attached hydrogens (tertiary/aromatic N) is 1. The van der Waals surface area contributed by atoms with Crippen LogP contribution in [0.1, 0.15) is 5.56 Å². The lowest BCUT2D eigenvalue weighted by molar-refractivity contribution is -0.0594. The molecule has 0 unspecified atom stereocenters. The average Bonchev–Trinajstić information content (AvgIpc) is 2.18. The van der Waals surface area contributed by atoms with Gasteiger partial charge in [-0.2, -0.15) is 13.2 Å². The molecule has 0 spiro atoms. The number of halogens is 4. The SMILES string of the molecule is FC(F)(F)C(Cl)=NOCc1ccccc1. The Morgan fingerprint density at radius 3 is 2.40 bits per heavy atom. The number of hydrogen-bond donors (Lipinski definition) is 0. The summed E-state index contributed by atoms with van der Waals surface area (Å²) in [5.74, 6) is 0. The fourth-order valence-corrected chi connectivity index (χ4v) is 0.838. The maximum absolute atomic E-state index is 11.8. The number of alkyl halides is 3. The van der Waals surface area contributed by atoms with Gasteiger partial charge >= 0.3 is 6.18 Å². The lowest BCUT2D eigenvalue weighted by Gasteiger charge is -2.03. The van der Waals surface area contributed by atoms with Crippen molar-refractivity contribution in [1.29, 1.82) is 0 Å². The highest BCUT2D eigenvalue weighted by atomic mass is 35.5. The molecule has 0 saturated heterocycles. The molecular formula is C9H7ClF3NO. The molecule has 1 aromatic rings. The van der Waals surface area contributed by atoms with Crippen molar-refractivity contribution < 1.29 is 18.0 Å². The van der Waals surface area contributed by atoms with E-state index >= 15 is 0 Å². The highest BCUT2D eigenvalue weighted by Crippen LogP contribution is 2.19. The standard InChI is InChI=1S/C9H7ClF3NO/c10-8(9(11,12)13)14-15-6-7-4-2-1-3-5-7/h1-5H,6H2. The van der Waals surface area contributed by atoms with Crippen LogP contribution in [0.25, 0.3) is 0 Å². The zero-order chi connectivity index (χ0) is 11.3. The molecule has 0 saturated carbocycles. The van der Waals surface area contributed by atoms with E-state index < -0.39 is 11.3 Å². The fraction of sp³-hybridized carbons (Fsp3) is 0.222. The first-order valence-electron chi connectivity index (χ1n) is 3.97. The number of hydrogen-bond acceptors (Lipinski definition) is 2. The van der Waals surface area contributed by atoms with Crippen LogP contribution in [0, 0.1) is 0 Å². The second kappa shape index (κ2) is 5.02. The molecule has 0 aliphatic rings. The third kappa shape index (κ3) is 4.20. The zero-order valence-electron chi connectivity index (χ0n) is 7.46. The molecule has 0 radical (unpaired) electrons. The summed E-state index contributed by atoms with van der Waals surface area (Å²) in [4.78, 5) is 4.44. The van der Waals surface area contributed by atoms with Crippen LogP contribution in [-0.4, -0.2) is 11.3 Å². The summed E-state index contributed by atoms with van der Waals surface area (Å²) in [5, 5.41) is 1.23. The minimum Gasteiger partial charge on any atom is -0.390 e. The van der Waals surface area contributed by atoms with E-state index in [4.69, 9.17) is 11.6 Å².